The highest BCUT2D eigenvalue weighted by Crippen LogP contribution is 2.08. The van der Waals surface area contributed by atoms with Gasteiger partial charge in [0.1, 0.15) is 0 Å². The summed E-state index contributed by atoms with van der Waals surface area (Å²) in [7, 11) is 0. The number of hydrogen-bond acceptors (Lipinski definition) is 2. The molecular formula is C14H21NO2. The highest BCUT2D eigenvalue weighted by atomic mass is 16.3. The Morgan fingerprint density at radius 1 is 1.35 bits per heavy atom. The second-order valence-electron chi connectivity index (χ2n) is 4.71. The van der Waals surface area contributed by atoms with Gasteiger partial charge < -0.3 is 10.4 Å². The van der Waals surface area contributed by atoms with Crippen molar-refractivity contribution in [2.75, 3.05) is 6.54 Å². The van der Waals surface area contributed by atoms with Crippen LogP contribution in [0.5, 0.6) is 0 Å². The van der Waals surface area contributed by atoms with E-state index in [2.05, 4.69) is 5.32 Å². The lowest BCUT2D eigenvalue weighted by Crippen LogP contribution is -2.29. The van der Waals surface area contributed by atoms with E-state index in [1.54, 1.807) is 6.92 Å². The molecule has 0 aliphatic carbocycles. The average molecular weight is 235 g/mol. The topological polar surface area (TPSA) is 49.3 Å². The Bertz CT molecular complexity index is 374. The van der Waals surface area contributed by atoms with Crippen LogP contribution in [0.4, 0.5) is 0 Å². The minimum absolute atomic E-state index is 0.0412. The van der Waals surface area contributed by atoms with Gasteiger partial charge in [0.2, 0.25) is 0 Å². The second kappa shape index (κ2) is 6.40. The largest absolute Gasteiger partial charge is 0.393 e. The molecule has 0 radical (unpaired) electrons. The predicted octanol–water partition coefficient (Wildman–Crippen LogP) is 2.13. The van der Waals surface area contributed by atoms with E-state index in [1.807, 2.05) is 38.1 Å². The molecule has 1 aromatic rings. The third-order valence-corrected chi connectivity index (χ3v) is 2.74. The van der Waals surface area contributed by atoms with Gasteiger partial charge in [0.25, 0.3) is 5.91 Å². The number of rotatable bonds is 5. The first kappa shape index (κ1) is 13.7. The molecule has 3 heteroatoms. The Balaban J connectivity index is 2.48. The SMILES string of the molecule is Cc1ccccc1C(=O)NCC(C)CC(C)O. The molecule has 0 saturated heterocycles. The van der Waals surface area contributed by atoms with E-state index in [0.29, 0.717) is 13.0 Å². The summed E-state index contributed by atoms with van der Waals surface area (Å²) >= 11 is 0. The number of hydrogen-bond donors (Lipinski definition) is 2. The smallest absolute Gasteiger partial charge is 0.251 e. The van der Waals surface area contributed by atoms with Crippen LogP contribution in [0.15, 0.2) is 24.3 Å². The van der Waals surface area contributed by atoms with Gasteiger partial charge in [-0.05, 0) is 37.8 Å². The summed E-state index contributed by atoms with van der Waals surface area (Å²) in [6.45, 7) is 6.30. The fourth-order valence-electron chi connectivity index (χ4n) is 1.86. The molecular weight excluding hydrogens is 214 g/mol. The van der Waals surface area contributed by atoms with Crippen molar-refractivity contribution in [2.24, 2.45) is 5.92 Å². The first-order chi connectivity index (χ1) is 8.00. The fourth-order valence-corrected chi connectivity index (χ4v) is 1.86. The molecule has 0 saturated carbocycles. The summed E-state index contributed by atoms with van der Waals surface area (Å²) in [6, 6.07) is 7.53. The minimum atomic E-state index is -0.319. The standard InChI is InChI=1S/C14H21NO2/c1-10(8-12(3)16)9-15-14(17)13-7-5-4-6-11(13)2/h4-7,10,12,16H,8-9H2,1-3H3,(H,15,17). The Labute approximate surface area is 103 Å². The molecule has 0 aliphatic heterocycles. The lowest BCUT2D eigenvalue weighted by Gasteiger charge is -2.14. The maximum atomic E-state index is 11.9. The molecule has 1 aromatic carbocycles. The molecule has 2 atom stereocenters. The zero-order valence-electron chi connectivity index (χ0n) is 10.7. The highest BCUT2D eigenvalue weighted by Gasteiger charge is 2.10. The number of amides is 1. The van der Waals surface area contributed by atoms with Crippen LogP contribution in [0.3, 0.4) is 0 Å². The molecule has 2 unspecified atom stereocenters. The maximum absolute atomic E-state index is 11.9. The van der Waals surface area contributed by atoms with E-state index in [1.165, 1.54) is 0 Å². The van der Waals surface area contributed by atoms with Crippen LogP contribution in [-0.2, 0) is 0 Å². The van der Waals surface area contributed by atoms with E-state index in [-0.39, 0.29) is 17.9 Å². The summed E-state index contributed by atoms with van der Waals surface area (Å²) in [5.74, 6) is 0.239. The number of aryl methyl sites for hydroxylation is 1. The number of aliphatic hydroxyl groups excluding tert-OH is 1. The Hall–Kier alpha value is -1.35. The van der Waals surface area contributed by atoms with Crippen LogP contribution in [-0.4, -0.2) is 23.7 Å². The van der Waals surface area contributed by atoms with Gasteiger partial charge in [-0.15, -0.1) is 0 Å². The molecule has 2 N–H and O–H groups in total. The minimum Gasteiger partial charge on any atom is -0.393 e. The van der Waals surface area contributed by atoms with Crippen LogP contribution in [0.2, 0.25) is 0 Å². The van der Waals surface area contributed by atoms with Crippen LogP contribution in [0.25, 0.3) is 0 Å². The average Bonchev–Trinajstić information content (AvgIpc) is 2.25. The van der Waals surface area contributed by atoms with E-state index in [9.17, 15) is 9.90 Å². The Morgan fingerprint density at radius 2 is 2.00 bits per heavy atom. The molecule has 0 aliphatic rings. The van der Waals surface area contributed by atoms with Gasteiger partial charge in [0.15, 0.2) is 0 Å². The predicted molar refractivity (Wildman–Crippen MR) is 69.0 cm³/mol. The van der Waals surface area contributed by atoms with Gasteiger partial charge in [0.05, 0.1) is 6.10 Å². The molecule has 0 aromatic heterocycles. The number of carbonyl (C=O) groups is 1. The number of nitrogens with one attached hydrogen (secondary N) is 1. The third kappa shape index (κ3) is 4.57. The van der Waals surface area contributed by atoms with Gasteiger partial charge >= 0.3 is 0 Å². The van der Waals surface area contributed by atoms with Gasteiger partial charge in [-0.1, -0.05) is 25.1 Å². The van der Waals surface area contributed by atoms with Gasteiger partial charge in [-0.2, -0.15) is 0 Å². The molecule has 1 rings (SSSR count). The molecule has 0 spiro atoms. The van der Waals surface area contributed by atoms with Gasteiger partial charge in [-0.25, -0.2) is 0 Å². The van der Waals surface area contributed by atoms with E-state index in [0.717, 1.165) is 11.1 Å². The summed E-state index contributed by atoms with van der Waals surface area (Å²) in [5.41, 5.74) is 1.70. The summed E-state index contributed by atoms with van der Waals surface area (Å²) in [5, 5.41) is 12.1. The molecule has 94 valence electrons. The zero-order chi connectivity index (χ0) is 12.8. The van der Waals surface area contributed by atoms with E-state index < -0.39 is 0 Å². The van der Waals surface area contributed by atoms with E-state index >= 15 is 0 Å². The van der Waals surface area contributed by atoms with Crippen LogP contribution < -0.4 is 5.32 Å². The molecule has 17 heavy (non-hydrogen) atoms. The van der Waals surface area contributed by atoms with Crippen molar-refractivity contribution in [3.63, 3.8) is 0 Å². The van der Waals surface area contributed by atoms with Crippen molar-refractivity contribution in [3.8, 4) is 0 Å². The fraction of sp³-hybridized carbons (Fsp3) is 0.500. The number of aliphatic hydroxyl groups is 1. The summed E-state index contributed by atoms with van der Waals surface area (Å²) in [4.78, 5) is 11.9. The lowest BCUT2D eigenvalue weighted by molar-refractivity contribution is 0.0939. The molecule has 0 bridgehead atoms. The normalized spacial score (nSPS) is 14.1. The number of benzene rings is 1. The van der Waals surface area contributed by atoms with Crippen LogP contribution in [0, 0.1) is 12.8 Å². The first-order valence-corrected chi connectivity index (χ1v) is 6.02. The van der Waals surface area contributed by atoms with Crippen molar-refractivity contribution in [2.45, 2.75) is 33.3 Å². The van der Waals surface area contributed by atoms with Crippen molar-refractivity contribution in [3.05, 3.63) is 35.4 Å². The number of carbonyl (C=O) groups excluding carboxylic acids is 1. The first-order valence-electron chi connectivity index (χ1n) is 6.02. The third-order valence-electron chi connectivity index (χ3n) is 2.74. The lowest BCUT2D eigenvalue weighted by atomic mass is 10.0. The Kier molecular flexibility index (Phi) is 5.16. The van der Waals surface area contributed by atoms with Crippen molar-refractivity contribution < 1.29 is 9.90 Å². The summed E-state index contributed by atoms with van der Waals surface area (Å²) in [6.07, 6.45) is 0.383. The maximum Gasteiger partial charge on any atom is 0.251 e. The Morgan fingerprint density at radius 3 is 2.59 bits per heavy atom. The van der Waals surface area contributed by atoms with Crippen LogP contribution >= 0.6 is 0 Å². The zero-order valence-corrected chi connectivity index (χ0v) is 10.7. The molecule has 0 fully saturated rings. The quantitative estimate of drug-likeness (QED) is 0.821. The van der Waals surface area contributed by atoms with Crippen molar-refractivity contribution in [1.82, 2.24) is 5.32 Å². The molecule has 0 heterocycles. The monoisotopic (exact) mass is 235 g/mol. The van der Waals surface area contributed by atoms with Crippen molar-refractivity contribution in [1.29, 1.82) is 0 Å². The van der Waals surface area contributed by atoms with Gasteiger partial charge in [-0.3, -0.25) is 4.79 Å². The van der Waals surface area contributed by atoms with Gasteiger partial charge in [0, 0.05) is 12.1 Å². The summed E-state index contributed by atoms with van der Waals surface area (Å²) < 4.78 is 0. The van der Waals surface area contributed by atoms with E-state index in [4.69, 9.17) is 0 Å². The molecule has 3 nitrogen and oxygen atoms in total. The van der Waals surface area contributed by atoms with Crippen molar-refractivity contribution >= 4 is 5.91 Å². The highest BCUT2D eigenvalue weighted by molar-refractivity contribution is 5.95. The second-order valence-corrected chi connectivity index (χ2v) is 4.71. The van der Waals surface area contributed by atoms with Crippen LogP contribution in [0.1, 0.15) is 36.2 Å². The molecule has 1 amide bonds.